The van der Waals surface area contributed by atoms with E-state index in [2.05, 4.69) is 5.48 Å². The molecule has 0 aliphatic carbocycles. The van der Waals surface area contributed by atoms with Gasteiger partial charge in [0.1, 0.15) is 11.9 Å². The lowest BCUT2D eigenvalue weighted by Gasteiger charge is -2.23. The summed E-state index contributed by atoms with van der Waals surface area (Å²) in [6.07, 6.45) is 1.02. The number of benzene rings is 1. The summed E-state index contributed by atoms with van der Waals surface area (Å²) in [6, 6.07) is 3.75. The Morgan fingerprint density at radius 2 is 2.10 bits per heavy atom. The van der Waals surface area contributed by atoms with Crippen molar-refractivity contribution in [3.63, 3.8) is 0 Å². The molecule has 1 aromatic carbocycles. The average Bonchev–Trinajstić information content (AvgIpc) is 2.95. The number of carbonyl (C=O) groups is 1. The van der Waals surface area contributed by atoms with Gasteiger partial charge in [-0.1, -0.05) is 0 Å². The van der Waals surface area contributed by atoms with Gasteiger partial charge in [0.2, 0.25) is 10.0 Å². The molecule has 116 valence electrons. The summed E-state index contributed by atoms with van der Waals surface area (Å²) in [5.41, 5.74) is 2.23. The van der Waals surface area contributed by atoms with Crippen molar-refractivity contribution in [1.29, 1.82) is 0 Å². The third-order valence-electron chi connectivity index (χ3n) is 3.24. The summed E-state index contributed by atoms with van der Waals surface area (Å²) in [4.78, 5) is 16.7. The summed E-state index contributed by atoms with van der Waals surface area (Å²) >= 11 is 0. The van der Waals surface area contributed by atoms with E-state index in [1.165, 1.54) is 12.1 Å². The van der Waals surface area contributed by atoms with Crippen LogP contribution in [0, 0.1) is 5.82 Å². The Hall–Kier alpha value is -1.51. The van der Waals surface area contributed by atoms with Crippen LogP contribution in [0.5, 0.6) is 0 Å². The Bertz CT molecular complexity index is 603. The molecular formula is C13H17FN2O4S. The van der Waals surface area contributed by atoms with Gasteiger partial charge in [-0.05, 0) is 44.0 Å². The minimum absolute atomic E-state index is 0.0278. The Balaban J connectivity index is 2.22. The molecule has 0 bridgehead atoms. The molecule has 1 fully saturated rings. The zero-order valence-electron chi connectivity index (χ0n) is 11.6. The van der Waals surface area contributed by atoms with E-state index in [1.54, 1.807) is 6.92 Å². The van der Waals surface area contributed by atoms with Crippen molar-refractivity contribution < 1.29 is 22.4 Å². The monoisotopic (exact) mass is 316 g/mol. The number of nitrogens with zero attached hydrogens (tertiary/aromatic N) is 1. The van der Waals surface area contributed by atoms with Crippen molar-refractivity contribution in [3.8, 4) is 0 Å². The topological polar surface area (TPSA) is 75.7 Å². The van der Waals surface area contributed by atoms with Gasteiger partial charge in [0, 0.05) is 6.54 Å². The fourth-order valence-corrected chi connectivity index (χ4v) is 3.90. The van der Waals surface area contributed by atoms with Crippen molar-refractivity contribution in [2.75, 3.05) is 13.2 Å². The molecule has 6 nitrogen and oxygen atoms in total. The van der Waals surface area contributed by atoms with Gasteiger partial charge >= 0.3 is 0 Å². The van der Waals surface area contributed by atoms with E-state index in [1.807, 2.05) is 0 Å². The van der Waals surface area contributed by atoms with Crippen LogP contribution in [-0.4, -0.2) is 37.8 Å². The number of sulfonamides is 1. The van der Waals surface area contributed by atoms with Crippen molar-refractivity contribution >= 4 is 15.9 Å². The maximum atomic E-state index is 12.9. The number of halogens is 1. The normalized spacial score (nSPS) is 19.6. The predicted octanol–water partition coefficient (Wildman–Crippen LogP) is 1.05. The molecule has 1 N–H and O–H groups in total. The highest BCUT2D eigenvalue weighted by molar-refractivity contribution is 7.89. The van der Waals surface area contributed by atoms with Crippen LogP contribution in [0.1, 0.15) is 19.8 Å². The van der Waals surface area contributed by atoms with Gasteiger partial charge in [0.15, 0.2) is 0 Å². The number of nitrogens with one attached hydrogen (secondary N) is 1. The lowest BCUT2D eigenvalue weighted by atomic mass is 10.2. The Morgan fingerprint density at radius 1 is 1.43 bits per heavy atom. The summed E-state index contributed by atoms with van der Waals surface area (Å²) in [6.45, 7) is 2.26. The van der Waals surface area contributed by atoms with Crippen LogP contribution in [0.4, 0.5) is 4.39 Å². The Morgan fingerprint density at radius 3 is 2.71 bits per heavy atom. The third kappa shape index (κ3) is 3.39. The highest BCUT2D eigenvalue weighted by Crippen LogP contribution is 2.26. The summed E-state index contributed by atoms with van der Waals surface area (Å²) in [7, 11) is -3.82. The molecule has 1 unspecified atom stereocenters. The van der Waals surface area contributed by atoms with Gasteiger partial charge in [0.25, 0.3) is 5.91 Å². The lowest BCUT2D eigenvalue weighted by molar-refractivity contribution is -0.136. The van der Waals surface area contributed by atoms with Crippen LogP contribution in [-0.2, 0) is 19.7 Å². The van der Waals surface area contributed by atoms with E-state index in [0.29, 0.717) is 19.4 Å². The fraction of sp³-hybridized carbons (Fsp3) is 0.462. The summed E-state index contributed by atoms with van der Waals surface area (Å²) in [5.74, 6) is -0.999. The number of hydrogen-bond acceptors (Lipinski definition) is 4. The zero-order chi connectivity index (χ0) is 15.5. The quantitative estimate of drug-likeness (QED) is 0.824. The predicted molar refractivity (Wildman–Crippen MR) is 73.1 cm³/mol. The van der Waals surface area contributed by atoms with Crippen LogP contribution < -0.4 is 5.48 Å². The maximum absolute atomic E-state index is 12.9. The molecule has 1 atom stereocenters. The smallest absolute Gasteiger partial charge is 0.261 e. The molecule has 0 saturated carbocycles. The second-order valence-corrected chi connectivity index (χ2v) is 6.52. The van der Waals surface area contributed by atoms with Gasteiger partial charge in [-0.2, -0.15) is 4.31 Å². The molecule has 1 aliphatic rings. The fourth-order valence-electron chi connectivity index (χ4n) is 2.24. The van der Waals surface area contributed by atoms with Crippen molar-refractivity contribution in [2.45, 2.75) is 30.7 Å². The number of carbonyl (C=O) groups excluding carboxylic acids is 1. The average molecular weight is 316 g/mol. The van der Waals surface area contributed by atoms with Crippen molar-refractivity contribution in [3.05, 3.63) is 30.1 Å². The molecule has 0 spiro atoms. The van der Waals surface area contributed by atoms with E-state index in [9.17, 15) is 17.6 Å². The van der Waals surface area contributed by atoms with E-state index in [-0.39, 0.29) is 11.4 Å². The first-order valence-electron chi connectivity index (χ1n) is 6.66. The first-order chi connectivity index (χ1) is 9.96. The van der Waals surface area contributed by atoms with Gasteiger partial charge in [-0.3, -0.25) is 9.63 Å². The van der Waals surface area contributed by atoms with E-state index < -0.39 is 27.8 Å². The van der Waals surface area contributed by atoms with Gasteiger partial charge in [-0.15, -0.1) is 0 Å². The van der Waals surface area contributed by atoms with Crippen LogP contribution in [0.15, 0.2) is 29.2 Å². The third-order valence-corrected chi connectivity index (χ3v) is 5.17. The SMILES string of the molecule is CCONC(=O)C1CCCN1S(=O)(=O)c1ccc(F)cc1. The zero-order valence-corrected chi connectivity index (χ0v) is 12.4. The molecule has 21 heavy (non-hydrogen) atoms. The molecule has 0 aromatic heterocycles. The first-order valence-corrected chi connectivity index (χ1v) is 8.10. The number of hydrogen-bond donors (Lipinski definition) is 1. The number of amides is 1. The van der Waals surface area contributed by atoms with E-state index in [0.717, 1.165) is 16.4 Å². The van der Waals surface area contributed by atoms with Gasteiger partial charge in [0.05, 0.1) is 11.5 Å². The minimum Gasteiger partial charge on any atom is -0.274 e. The second kappa shape index (κ2) is 6.50. The van der Waals surface area contributed by atoms with E-state index >= 15 is 0 Å². The molecule has 1 heterocycles. The molecule has 1 saturated heterocycles. The van der Waals surface area contributed by atoms with Crippen molar-refractivity contribution in [1.82, 2.24) is 9.79 Å². The molecular weight excluding hydrogens is 299 g/mol. The number of rotatable bonds is 5. The summed E-state index contributed by atoms with van der Waals surface area (Å²) in [5, 5.41) is 0. The van der Waals surface area contributed by atoms with Crippen LogP contribution in [0.2, 0.25) is 0 Å². The van der Waals surface area contributed by atoms with Crippen LogP contribution in [0.25, 0.3) is 0 Å². The highest BCUT2D eigenvalue weighted by Gasteiger charge is 2.39. The molecule has 1 amide bonds. The van der Waals surface area contributed by atoms with Gasteiger partial charge in [-0.25, -0.2) is 18.3 Å². The molecule has 1 aromatic rings. The largest absolute Gasteiger partial charge is 0.274 e. The molecule has 8 heteroatoms. The Kier molecular flexibility index (Phi) is 4.92. The molecule has 0 radical (unpaired) electrons. The van der Waals surface area contributed by atoms with Crippen LogP contribution in [0.3, 0.4) is 0 Å². The molecule has 1 aliphatic heterocycles. The minimum atomic E-state index is -3.82. The second-order valence-electron chi connectivity index (χ2n) is 4.63. The van der Waals surface area contributed by atoms with Crippen LogP contribution >= 0.6 is 0 Å². The Labute approximate surface area is 122 Å². The van der Waals surface area contributed by atoms with E-state index in [4.69, 9.17) is 4.84 Å². The first kappa shape index (κ1) is 15.9. The maximum Gasteiger partial charge on any atom is 0.261 e. The highest BCUT2D eigenvalue weighted by atomic mass is 32.2. The lowest BCUT2D eigenvalue weighted by Crippen LogP contribution is -2.45. The number of hydroxylamine groups is 1. The standard InChI is InChI=1S/C13H17FN2O4S/c1-2-20-15-13(17)12-4-3-9-16(12)21(18,19)11-7-5-10(14)6-8-11/h5-8,12H,2-4,9H2,1H3,(H,15,17). The summed E-state index contributed by atoms with van der Waals surface area (Å²) < 4.78 is 39.1. The van der Waals surface area contributed by atoms with Crippen molar-refractivity contribution in [2.24, 2.45) is 0 Å². The molecule has 2 rings (SSSR count). The van der Waals surface area contributed by atoms with Gasteiger partial charge < -0.3 is 0 Å².